The van der Waals surface area contributed by atoms with Crippen molar-refractivity contribution >= 4 is 21.4 Å². The number of methoxy groups -OCH3 is 2. The molecule has 0 unspecified atom stereocenters. The zero-order valence-corrected chi connectivity index (χ0v) is 15.8. The molecular weight excluding hydrogens is 378 g/mol. The lowest BCUT2D eigenvalue weighted by atomic mass is 10.3. The molecule has 0 aliphatic carbocycles. The SMILES string of the molecule is COc1ccc(S(=O)(=O)NCCc2nnc(-c3cccs3)o2)c(OC)c1. The lowest BCUT2D eigenvalue weighted by Crippen LogP contribution is -2.26. The maximum absolute atomic E-state index is 12.5. The van der Waals surface area contributed by atoms with Gasteiger partial charge in [-0.15, -0.1) is 21.5 Å². The summed E-state index contributed by atoms with van der Waals surface area (Å²) < 4.78 is 43.3. The van der Waals surface area contributed by atoms with E-state index in [0.29, 0.717) is 17.5 Å². The number of nitrogens with one attached hydrogen (secondary N) is 1. The molecule has 1 aromatic carbocycles. The molecule has 1 N–H and O–H groups in total. The Labute approximate surface area is 154 Å². The van der Waals surface area contributed by atoms with Crippen molar-refractivity contribution in [3.63, 3.8) is 0 Å². The highest BCUT2D eigenvalue weighted by Gasteiger charge is 2.20. The quantitative estimate of drug-likeness (QED) is 0.624. The minimum Gasteiger partial charge on any atom is -0.497 e. The van der Waals surface area contributed by atoms with Crippen LogP contribution in [0.15, 0.2) is 45.0 Å². The minimum absolute atomic E-state index is 0.0330. The van der Waals surface area contributed by atoms with Gasteiger partial charge in [0.2, 0.25) is 15.9 Å². The standard InChI is InChI=1S/C16H17N3O5S2/c1-22-11-5-6-14(12(10-11)23-2)26(20,21)17-8-7-15-18-19-16(24-15)13-4-3-9-25-13/h3-6,9-10,17H,7-8H2,1-2H3. The highest BCUT2D eigenvalue weighted by Crippen LogP contribution is 2.28. The zero-order valence-electron chi connectivity index (χ0n) is 14.1. The third-order valence-corrected chi connectivity index (χ3v) is 5.85. The van der Waals surface area contributed by atoms with Crippen molar-refractivity contribution in [2.24, 2.45) is 0 Å². The van der Waals surface area contributed by atoms with Gasteiger partial charge >= 0.3 is 0 Å². The van der Waals surface area contributed by atoms with Crippen LogP contribution < -0.4 is 14.2 Å². The summed E-state index contributed by atoms with van der Waals surface area (Å²) in [6.45, 7) is 0.115. The van der Waals surface area contributed by atoms with Gasteiger partial charge in [0, 0.05) is 19.0 Å². The van der Waals surface area contributed by atoms with E-state index < -0.39 is 10.0 Å². The molecule has 0 atom stereocenters. The summed E-state index contributed by atoms with van der Waals surface area (Å²) in [6, 6.07) is 8.27. The van der Waals surface area contributed by atoms with Crippen LogP contribution in [0.25, 0.3) is 10.8 Å². The van der Waals surface area contributed by atoms with Crippen LogP contribution in [0.3, 0.4) is 0 Å². The molecule has 0 aliphatic rings. The Kier molecular flexibility index (Phi) is 5.55. The number of ether oxygens (including phenoxy) is 2. The van der Waals surface area contributed by atoms with Crippen molar-refractivity contribution in [2.45, 2.75) is 11.3 Å². The molecule has 10 heteroatoms. The largest absolute Gasteiger partial charge is 0.497 e. The van der Waals surface area contributed by atoms with Crippen LogP contribution in [-0.4, -0.2) is 39.4 Å². The van der Waals surface area contributed by atoms with Gasteiger partial charge in [-0.1, -0.05) is 6.07 Å². The number of hydrogen-bond donors (Lipinski definition) is 1. The first-order valence-electron chi connectivity index (χ1n) is 7.61. The Balaban J connectivity index is 1.66. The van der Waals surface area contributed by atoms with Crippen molar-refractivity contribution in [1.82, 2.24) is 14.9 Å². The summed E-state index contributed by atoms with van der Waals surface area (Å²) in [5.41, 5.74) is 0. The topological polar surface area (TPSA) is 104 Å². The van der Waals surface area contributed by atoms with Crippen molar-refractivity contribution in [1.29, 1.82) is 0 Å². The fourth-order valence-electron chi connectivity index (χ4n) is 2.22. The number of aromatic nitrogens is 2. The molecule has 2 heterocycles. The van der Waals surface area contributed by atoms with Gasteiger partial charge < -0.3 is 13.9 Å². The van der Waals surface area contributed by atoms with Crippen molar-refractivity contribution in [2.75, 3.05) is 20.8 Å². The first kappa shape index (κ1) is 18.4. The number of rotatable bonds is 8. The maximum atomic E-state index is 12.5. The lowest BCUT2D eigenvalue weighted by Gasteiger charge is -2.11. The predicted octanol–water partition coefficient (Wildman–Crippen LogP) is 2.34. The second-order valence-electron chi connectivity index (χ2n) is 5.14. The molecule has 0 amide bonds. The summed E-state index contributed by atoms with van der Waals surface area (Å²) in [6.07, 6.45) is 0.274. The lowest BCUT2D eigenvalue weighted by molar-refractivity contribution is 0.386. The highest BCUT2D eigenvalue weighted by atomic mass is 32.2. The van der Waals surface area contributed by atoms with E-state index in [0.717, 1.165) is 4.88 Å². The number of benzene rings is 1. The molecule has 3 rings (SSSR count). The van der Waals surface area contributed by atoms with Gasteiger partial charge in [-0.3, -0.25) is 0 Å². The fraction of sp³-hybridized carbons (Fsp3) is 0.250. The average Bonchev–Trinajstić information content (AvgIpc) is 3.32. The molecule has 0 spiro atoms. The monoisotopic (exact) mass is 395 g/mol. The molecule has 138 valence electrons. The second kappa shape index (κ2) is 7.85. The van der Waals surface area contributed by atoms with E-state index in [1.54, 1.807) is 6.07 Å². The smallest absolute Gasteiger partial charge is 0.257 e. The van der Waals surface area contributed by atoms with Crippen LogP contribution in [0.4, 0.5) is 0 Å². The number of nitrogens with zero attached hydrogens (tertiary/aromatic N) is 2. The van der Waals surface area contributed by atoms with Gasteiger partial charge in [0.15, 0.2) is 0 Å². The molecule has 0 saturated heterocycles. The predicted molar refractivity (Wildman–Crippen MR) is 96.0 cm³/mol. The molecule has 0 fully saturated rings. The molecular formula is C16H17N3O5S2. The van der Waals surface area contributed by atoms with Crippen LogP contribution in [-0.2, 0) is 16.4 Å². The number of sulfonamides is 1. The molecule has 2 aromatic heterocycles. The Morgan fingerprint density at radius 1 is 1.19 bits per heavy atom. The summed E-state index contributed by atoms with van der Waals surface area (Å²) in [4.78, 5) is 0.901. The van der Waals surface area contributed by atoms with E-state index in [-0.39, 0.29) is 23.6 Å². The highest BCUT2D eigenvalue weighted by molar-refractivity contribution is 7.89. The Bertz CT molecular complexity index is 968. The maximum Gasteiger partial charge on any atom is 0.257 e. The molecule has 0 radical (unpaired) electrons. The molecule has 3 aromatic rings. The number of thiophene rings is 1. The summed E-state index contributed by atoms with van der Waals surface area (Å²) in [5, 5.41) is 9.81. The van der Waals surface area contributed by atoms with Crippen LogP contribution in [0.5, 0.6) is 11.5 Å². The summed E-state index contributed by atoms with van der Waals surface area (Å²) in [5.74, 6) is 1.50. The van der Waals surface area contributed by atoms with E-state index in [1.165, 1.54) is 37.7 Å². The second-order valence-corrected chi connectivity index (χ2v) is 7.83. The van der Waals surface area contributed by atoms with Crippen LogP contribution in [0, 0.1) is 0 Å². The Hall–Kier alpha value is -2.43. The number of hydrogen-bond acceptors (Lipinski definition) is 8. The van der Waals surface area contributed by atoms with Gasteiger partial charge in [0.1, 0.15) is 16.4 Å². The third-order valence-electron chi connectivity index (χ3n) is 3.49. The normalized spacial score (nSPS) is 11.5. The van der Waals surface area contributed by atoms with Crippen LogP contribution in [0.2, 0.25) is 0 Å². The fourth-order valence-corrected chi connectivity index (χ4v) is 4.05. The van der Waals surface area contributed by atoms with E-state index in [2.05, 4.69) is 14.9 Å². The van der Waals surface area contributed by atoms with Gasteiger partial charge in [-0.25, -0.2) is 13.1 Å². The van der Waals surface area contributed by atoms with Gasteiger partial charge in [-0.05, 0) is 23.6 Å². The van der Waals surface area contributed by atoms with Crippen LogP contribution >= 0.6 is 11.3 Å². The van der Waals surface area contributed by atoms with Crippen molar-refractivity contribution in [3.8, 4) is 22.3 Å². The van der Waals surface area contributed by atoms with E-state index in [1.807, 2.05) is 17.5 Å². The average molecular weight is 395 g/mol. The van der Waals surface area contributed by atoms with Gasteiger partial charge in [-0.2, -0.15) is 0 Å². The van der Waals surface area contributed by atoms with E-state index >= 15 is 0 Å². The molecule has 26 heavy (non-hydrogen) atoms. The van der Waals surface area contributed by atoms with Crippen molar-refractivity contribution in [3.05, 3.63) is 41.6 Å². The first-order chi connectivity index (χ1) is 12.5. The van der Waals surface area contributed by atoms with Gasteiger partial charge in [0.05, 0.1) is 19.1 Å². The molecule has 0 bridgehead atoms. The van der Waals surface area contributed by atoms with Gasteiger partial charge in [0.25, 0.3) is 5.89 Å². The molecule has 0 saturated carbocycles. The molecule has 0 aliphatic heterocycles. The van der Waals surface area contributed by atoms with Crippen molar-refractivity contribution < 1.29 is 22.3 Å². The summed E-state index contributed by atoms with van der Waals surface area (Å²) in [7, 11) is -0.856. The van der Waals surface area contributed by atoms with E-state index in [9.17, 15) is 8.42 Å². The van der Waals surface area contributed by atoms with E-state index in [4.69, 9.17) is 13.9 Å². The summed E-state index contributed by atoms with van der Waals surface area (Å²) >= 11 is 1.49. The Morgan fingerprint density at radius 2 is 2.04 bits per heavy atom. The Morgan fingerprint density at radius 3 is 2.73 bits per heavy atom. The first-order valence-corrected chi connectivity index (χ1v) is 9.97. The molecule has 8 nitrogen and oxygen atoms in total. The zero-order chi connectivity index (χ0) is 18.6. The third kappa shape index (κ3) is 4.03. The van der Waals surface area contributed by atoms with Crippen LogP contribution in [0.1, 0.15) is 5.89 Å². The minimum atomic E-state index is -3.75.